The van der Waals surface area contributed by atoms with Crippen LogP contribution in [0.3, 0.4) is 0 Å². The molecular formula is C12H19N3O3S. The third-order valence-electron chi connectivity index (χ3n) is 3.38. The molecule has 6 nitrogen and oxygen atoms in total. The highest BCUT2D eigenvalue weighted by Gasteiger charge is 2.42. The Morgan fingerprint density at radius 2 is 2.05 bits per heavy atom. The van der Waals surface area contributed by atoms with Crippen LogP contribution in [0.2, 0.25) is 0 Å². The van der Waals surface area contributed by atoms with Gasteiger partial charge in [-0.15, -0.1) is 0 Å². The molecule has 0 aliphatic heterocycles. The fraction of sp³-hybridized carbons (Fsp3) is 0.500. The van der Waals surface area contributed by atoms with Crippen molar-refractivity contribution in [1.82, 2.24) is 4.31 Å². The Bertz CT molecular complexity index is 580. The molecule has 0 spiro atoms. The van der Waals surface area contributed by atoms with E-state index in [4.69, 9.17) is 5.73 Å². The van der Waals surface area contributed by atoms with E-state index in [1.807, 2.05) is 0 Å². The lowest BCUT2D eigenvalue weighted by molar-refractivity contribution is 0.266. The third-order valence-corrected chi connectivity index (χ3v) is 5.25. The minimum Gasteiger partial charge on any atom is -0.396 e. The zero-order chi connectivity index (χ0) is 14.3. The Kier molecular flexibility index (Phi) is 3.46. The number of hydrogen-bond donors (Lipinski definition) is 3. The molecular weight excluding hydrogens is 266 g/mol. The topological polar surface area (TPSA) is 95.7 Å². The predicted molar refractivity (Wildman–Crippen MR) is 74.4 cm³/mol. The molecule has 106 valence electrons. The van der Waals surface area contributed by atoms with Crippen molar-refractivity contribution in [2.24, 2.45) is 0 Å². The highest BCUT2D eigenvalue weighted by molar-refractivity contribution is 7.89. The summed E-state index contributed by atoms with van der Waals surface area (Å²) >= 11 is 0. The van der Waals surface area contributed by atoms with Crippen LogP contribution >= 0.6 is 0 Å². The normalized spacial score (nSPS) is 17.5. The standard InChI is InChI=1S/C12H19N3O3S/c1-15(2)19(17,18)10-5-3-4-9(11(10)13)14-12(8-16)6-7-12/h3-5,14,16H,6-8,13H2,1-2H3. The van der Waals surface area contributed by atoms with Gasteiger partial charge in [-0.3, -0.25) is 0 Å². The second-order valence-electron chi connectivity index (χ2n) is 5.07. The summed E-state index contributed by atoms with van der Waals surface area (Å²) in [6, 6.07) is 4.84. The Hall–Kier alpha value is -1.31. The van der Waals surface area contributed by atoms with E-state index in [0.717, 1.165) is 17.1 Å². The maximum atomic E-state index is 12.1. The molecule has 0 amide bonds. The van der Waals surface area contributed by atoms with E-state index in [9.17, 15) is 13.5 Å². The Morgan fingerprint density at radius 3 is 2.53 bits per heavy atom. The minimum absolute atomic E-state index is 0.0110. The van der Waals surface area contributed by atoms with Crippen molar-refractivity contribution < 1.29 is 13.5 Å². The van der Waals surface area contributed by atoms with Gasteiger partial charge in [-0.1, -0.05) is 6.07 Å². The van der Waals surface area contributed by atoms with Crippen molar-refractivity contribution in [3.8, 4) is 0 Å². The molecule has 1 aliphatic rings. The summed E-state index contributed by atoms with van der Waals surface area (Å²) < 4.78 is 25.4. The Balaban J connectivity index is 2.39. The van der Waals surface area contributed by atoms with Gasteiger partial charge in [-0.05, 0) is 25.0 Å². The van der Waals surface area contributed by atoms with Gasteiger partial charge in [0.2, 0.25) is 10.0 Å². The van der Waals surface area contributed by atoms with Crippen LogP contribution in [0.5, 0.6) is 0 Å². The predicted octanol–water partition coefficient (Wildman–Crippen LogP) is 0.456. The Labute approximate surface area is 113 Å². The maximum absolute atomic E-state index is 12.1. The SMILES string of the molecule is CN(C)S(=O)(=O)c1cccc(NC2(CO)CC2)c1N. The molecule has 7 heteroatoms. The number of sulfonamides is 1. The summed E-state index contributed by atoms with van der Waals surface area (Å²) in [6.45, 7) is 0.0110. The highest BCUT2D eigenvalue weighted by Crippen LogP contribution is 2.40. The average Bonchev–Trinajstić information content (AvgIpc) is 3.12. The van der Waals surface area contributed by atoms with Crippen molar-refractivity contribution in [2.75, 3.05) is 31.8 Å². The molecule has 1 aromatic carbocycles. The number of nitrogens with zero attached hydrogens (tertiary/aromatic N) is 1. The summed E-state index contributed by atoms with van der Waals surface area (Å²) in [5.41, 5.74) is 6.35. The van der Waals surface area contributed by atoms with Crippen LogP contribution in [0.15, 0.2) is 23.1 Å². The van der Waals surface area contributed by atoms with Gasteiger partial charge in [0.25, 0.3) is 0 Å². The minimum atomic E-state index is -3.57. The third kappa shape index (κ3) is 2.54. The van der Waals surface area contributed by atoms with E-state index in [1.54, 1.807) is 12.1 Å². The van der Waals surface area contributed by atoms with Crippen LogP contribution in [-0.2, 0) is 10.0 Å². The van der Waals surface area contributed by atoms with Gasteiger partial charge < -0.3 is 16.2 Å². The van der Waals surface area contributed by atoms with Gasteiger partial charge in [0, 0.05) is 14.1 Å². The van der Waals surface area contributed by atoms with Crippen molar-refractivity contribution in [2.45, 2.75) is 23.3 Å². The molecule has 0 saturated heterocycles. The monoisotopic (exact) mass is 285 g/mol. The summed E-state index contributed by atoms with van der Waals surface area (Å²) in [4.78, 5) is 0.0799. The second kappa shape index (κ2) is 4.66. The number of nitrogens with two attached hydrogens (primary N) is 1. The molecule has 0 atom stereocenters. The molecule has 1 saturated carbocycles. The lowest BCUT2D eigenvalue weighted by atomic mass is 10.2. The van der Waals surface area contributed by atoms with Crippen molar-refractivity contribution in [3.05, 3.63) is 18.2 Å². The molecule has 0 radical (unpaired) electrons. The number of aliphatic hydroxyl groups is 1. The molecule has 1 aromatic rings. The quantitative estimate of drug-likeness (QED) is 0.683. The molecule has 2 rings (SSSR count). The van der Waals surface area contributed by atoms with Crippen LogP contribution in [0, 0.1) is 0 Å². The van der Waals surface area contributed by atoms with Gasteiger partial charge >= 0.3 is 0 Å². The van der Waals surface area contributed by atoms with Gasteiger partial charge in [-0.25, -0.2) is 12.7 Å². The molecule has 0 unspecified atom stereocenters. The average molecular weight is 285 g/mol. The molecule has 0 bridgehead atoms. The van der Waals surface area contributed by atoms with Crippen molar-refractivity contribution in [1.29, 1.82) is 0 Å². The smallest absolute Gasteiger partial charge is 0.244 e. The van der Waals surface area contributed by atoms with Gasteiger partial charge in [0.05, 0.1) is 23.5 Å². The molecule has 0 aromatic heterocycles. The second-order valence-corrected chi connectivity index (χ2v) is 7.19. The number of para-hydroxylation sites is 1. The molecule has 19 heavy (non-hydrogen) atoms. The van der Waals surface area contributed by atoms with Crippen molar-refractivity contribution in [3.63, 3.8) is 0 Å². The first-order chi connectivity index (χ1) is 8.82. The van der Waals surface area contributed by atoms with E-state index in [2.05, 4.69) is 5.32 Å². The van der Waals surface area contributed by atoms with E-state index >= 15 is 0 Å². The van der Waals surface area contributed by atoms with E-state index in [1.165, 1.54) is 20.2 Å². The summed E-state index contributed by atoms with van der Waals surface area (Å²) in [5, 5.41) is 12.4. The van der Waals surface area contributed by atoms with Crippen LogP contribution in [0.4, 0.5) is 11.4 Å². The first kappa shape index (κ1) is 14.1. The van der Waals surface area contributed by atoms with E-state index in [0.29, 0.717) is 5.69 Å². The molecule has 0 heterocycles. The molecule has 4 N–H and O–H groups in total. The first-order valence-corrected chi connectivity index (χ1v) is 7.46. The fourth-order valence-electron chi connectivity index (χ4n) is 1.83. The number of nitrogen functional groups attached to an aromatic ring is 1. The largest absolute Gasteiger partial charge is 0.396 e. The van der Waals surface area contributed by atoms with Crippen LogP contribution in [0.25, 0.3) is 0 Å². The summed E-state index contributed by atoms with van der Waals surface area (Å²) in [5.74, 6) is 0. The van der Waals surface area contributed by atoms with Crippen LogP contribution < -0.4 is 11.1 Å². The van der Waals surface area contributed by atoms with Gasteiger partial charge in [0.15, 0.2) is 0 Å². The van der Waals surface area contributed by atoms with E-state index in [-0.39, 0.29) is 22.7 Å². The van der Waals surface area contributed by atoms with Crippen LogP contribution in [0.1, 0.15) is 12.8 Å². The first-order valence-electron chi connectivity index (χ1n) is 6.02. The Morgan fingerprint density at radius 1 is 1.42 bits per heavy atom. The summed E-state index contributed by atoms with van der Waals surface area (Å²) in [7, 11) is -0.640. The fourth-order valence-corrected chi connectivity index (χ4v) is 2.87. The molecule has 1 fully saturated rings. The maximum Gasteiger partial charge on any atom is 0.244 e. The van der Waals surface area contributed by atoms with Crippen LogP contribution in [-0.4, -0.2) is 44.1 Å². The number of nitrogens with one attached hydrogen (secondary N) is 1. The number of aliphatic hydroxyl groups excluding tert-OH is 1. The van der Waals surface area contributed by atoms with Gasteiger partial charge in [-0.2, -0.15) is 0 Å². The number of benzene rings is 1. The lowest BCUT2D eigenvalue weighted by Crippen LogP contribution is -2.27. The van der Waals surface area contributed by atoms with Crippen molar-refractivity contribution >= 4 is 21.4 Å². The lowest BCUT2D eigenvalue weighted by Gasteiger charge is -2.20. The molecule has 1 aliphatic carbocycles. The zero-order valence-corrected chi connectivity index (χ0v) is 11.9. The zero-order valence-electron chi connectivity index (χ0n) is 11.0. The highest BCUT2D eigenvalue weighted by atomic mass is 32.2. The number of anilines is 2. The van der Waals surface area contributed by atoms with Gasteiger partial charge in [0.1, 0.15) is 4.90 Å². The summed E-state index contributed by atoms with van der Waals surface area (Å²) in [6.07, 6.45) is 1.71. The number of rotatable bonds is 5. The number of hydrogen-bond acceptors (Lipinski definition) is 5. The van der Waals surface area contributed by atoms with E-state index < -0.39 is 10.0 Å².